The third-order valence-electron chi connectivity index (χ3n) is 4.81. The molecule has 2 aliphatic heterocycles. The number of nitrogens with two attached hydrogens (primary N) is 1. The van der Waals surface area contributed by atoms with Crippen LogP contribution in [0.4, 0.5) is 0 Å². The number of ether oxygens (including phenoxy) is 1. The van der Waals surface area contributed by atoms with Crippen molar-refractivity contribution in [3.05, 3.63) is 0 Å². The summed E-state index contributed by atoms with van der Waals surface area (Å²) in [5.41, 5.74) is 1.21. The molecule has 0 aromatic heterocycles. The molecule has 0 aromatic carbocycles. The second-order valence-corrected chi connectivity index (χ2v) is 5.83. The van der Waals surface area contributed by atoms with E-state index in [-0.39, 0.29) is 5.96 Å². The molecule has 1 aliphatic carbocycles. The highest BCUT2D eigenvalue weighted by Crippen LogP contribution is 2.51. The summed E-state index contributed by atoms with van der Waals surface area (Å²) in [5.74, 6) is -2.92. The number of guanidine groups is 1. The number of aliphatic hydroxyl groups excluding tert-OH is 4. The van der Waals surface area contributed by atoms with Crippen molar-refractivity contribution >= 4 is 11.9 Å². The van der Waals surface area contributed by atoms with Gasteiger partial charge in [-0.15, -0.1) is 0 Å². The smallest absolute Gasteiger partial charge is 0.335 e. The molecule has 0 amide bonds. The Morgan fingerprint density at radius 3 is 2.50 bits per heavy atom. The second kappa shape index (κ2) is 4.50. The summed E-state index contributed by atoms with van der Waals surface area (Å²) in [5, 5.41) is 62.3. The molecule has 0 spiro atoms. The molecule has 124 valence electrons. The molecular formula is C11H17N3O8. The quantitative estimate of drug-likeness (QED) is 0.243. The fourth-order valence-electron chi connectivity index (χ4n) is 3.71. The van der Waals surface area contributed by atoms with Crippen molar-refractivity contribution in [2.45, 2.75) is 41.8 Å². The fraction of sp³-hybridized carbons (Fsp3) is 0.818. The van der Waals surface area contributed by atoms with E-state index in [4.69, 9.17) is 10.5 Å². The lowest BCUT2D eigenvalue weighted by Gasteiger charge is -2.55. The fourth-order valence-corrected chi connectivity index (χ4v) is 3.71. The van der Waals surface area contributed by atoms with Crippen molar-refractivity contribution in [2.75, 3.05) is 6.61 Å². The lowest BCUT2D eigenvalue weighted by atomic mass is 9.60. The SMILES string of the molecule is NC1=NC2OC(C(=O)O)C3(N1)C(O)C(O)C(O)(CO)C(O)C23. The largest absolute Gasteiger partial charge is 0.479 e. The van der Waals surface area contributed by atoms with Crippen LogP contribution in [0.5, 0.6) is 0 Å². The van der Waals surface area contributed by atoms with Crippen LogP contribution in [0.3, 0.4) is 0 Å². The van der Waals surface area contributed by atoms with Gasteiger partial charge >= 0.3 is 5.97 Å². The lowest BCUT2D eigenvalue weighted by Crippen LogP contribution is -2.82. The highest BCUT2D eigenvalue weighted by atomic mass is 16.5. The molecule has 11 nitrogen and oxygen atoms in total. The predicted molar refractivity (Wildman–Crippen MR) is 67.3 cm³/mol. The number of nitrogens with one attached hydrogen (secondary N) is 1. The van der Waals surface area contributed by atoms with Gasteiger partial charge in [0.1, 0.15) is 23.3 Å². The van der Waals surface area contributed by atoms with Crippen LogP contribution >= 0.6 is 0 Å². The maximum absolute atomic E-state index is 11.4. The topological polar surface area (TPSA) is 198 Å². The number of aliphatic carboxylic acids is 1. The summed E-state index contributed by atoms with van der Waals surface area (Å²) in [7, 11) is 0. The van der Waals surface area contributed by atoms with Crippen LogP contribution in [0.15, 0.2) is 4.99 Å². The molecule has 1 saturated carbocycles. The average Bonchev–Trinajstić information content (AvgIpc) is 2.69. The van der Waals surface area contributed by atoms with Crippen molar-refractivity contribution in [3.8, 4) is 0 Å². The van der Waals surface area contributed by atoms with E-state index in [9.17, 15) is 35.4 Å². The molecule has 3 rings (SSSR count). The van der Waals surface area contributed by atoms with E-state index in [1.165, 1.54) is 0 Å². The van der Waals surface area contributed by atoms with Crippen molar-refractivity contribution < 1.29 is 40.2 Å². The van der Waals surface area contributed by atoms with Crippen LogP contribution in [0.25, 0.3) is 0 Å². The van der Waals surface area contributed by atoms with Gasteiger partial charge in [-0.05, 0) is 0 Å². The Morgan fingerprint density at radius 2 is 1.95 bits per heavy atom. The summed E-state index contributed by atoms with van der Waals surface area (Å²) in [6.45, 7) is -1.05. The first-order valence-corrected chi connectivity index (χ1v) is 6.57. The summed E-state index contributed by atoms with van der Waals surface area (Å²) >= 11 is 0. The Bertz CT molecular complexity index is 543. The van der Waals surface area contributed by atoms with Gasteiger partial charge in [0.05, 0.1) is 18.6 Å². The Morgan fingerprint density at radius 1 is 1.32 bits per heavy atom. The van der Waals surface area contributed by atoms with Gasteiger partial charge in [0.2, 0.25) is 0 Å². The van der Waals surface area contributed by atoms with Crippen molar-refractivity contribution in [1.82, 2.24) is 5.32 Å². The summed E-state index contributed by atoms with van der Waals surface area (Å²) in [4.78, 5) is 15.3. The van der Waals surface area contributed by atoms with Crippen molar-refractivity contribution in [1.29, 1.82) is 0 Å². The monoisotopic (exact) mass is 319 g/mol. The first kappa shape index (κ1) is 15.4. The number of carboxylic acid groups (broad SMARTS) is 1. The van der Waals surface area contributed by atoms with Gasteiger partial charge in [0.25, 0.3) is 0 Å². The number of nitrogens with zero attached hydrogens (tertiary/aromatic N) is 1. The molecule has 2 bridgehead atoms. The van der Waals surface area contributed by atoms with Crippen LogP contribution in [0.1, 0.15) is 0 Å². The molecule has 8 atom stereocenters. The van der Waals surface area contributed by atoms with E-state index in [1.54, 1.807) is 0 Å². The van der Waals surface area contributed by atoms with Crippen LogP contribution in [0, 0.1) is 5.92 Å². The first-order valence-electron chi connectivity index (χ1n) is 6.57. The maximum atomic E-state index is 11.4. The van der Waals surface area contributed by atoms with Crippen LogP contribution in [0.2, 0.25) is 0 Å². The molecule has 0 radical (unpaired) electrons. The van der Waals surface area contributed by atoms with Gasteiger partial charge in [0, 0.05) is 0 Å². The molecule has 2 heterocycles. The Balaban J connectivity index is 2.17. The highest BCUT2D eigenvalue weighted by Gasteiger charge is 2.75. The number of aliphatic imine (C=N–C) groups is 1. The Hall–Kier alpha value is -1.50. The van der Waals surface area contributed by atoms with Crippen molar-refractivity contribution in [2.24, 2.45) is 16.6 Å². The molecule has 8 unspecified atom stereocenters. The number of hydrogen-bond acceptors (Lipinski definition) is 10. The van der Waals surface area contributed by atoms with E-state index in [0.29, 0.717) is 0 Å². The highest BCUT2D eigenvalue weighted by molar-refractivity contribution is 5.84. The van der Waals surface area contributed by atoms with Gasteiger partial charge < -0.3 is 46.4 Å². The summed E-state index contributed by atoms with van der Waals surface area (Å²) in [6, 6.07) is 0. The van der Waals surface area contributed by atoms with Gasteiger partial charge in [0.15, 0.2) is 18.3 Å². The second-order valence-electron chi connectivity index (χ2n) is 5.83. The minimum Gasteiger partial charge on any atom is -0.479 e. The van der Waals surface area contributed by atoms with E-state index in [0.717, 1.165) is 0 Å². The van der Waals surface area contributed by atoms with Crippen LogP contribution in [-0.2, 0) is 9.53 Å². The molecule has 0 aromatic rings. The normalized spacial score (nSPS) is 53.4. The molecular weight excluding hydrogens is 302 g/mol. The van der Waals surface area contributed by atoms with E-state index in [1.807, 2.05) is 0 Å². The number of carboxylic acids is 1. The minimum absolute atomic E-state index is 0.224. The predicted octanol–water partition coefficient (Wildman–Crippen LogP) is -5.11. The number of carbonyl (C=O) groups is 1. The van der Waals surface area contributed by atoms with Gasteiger partial charge in [-0.2, -0.15) is 0 Å². The molecule has 9 N–H and O–H groups in total. The van der Waals surface area contributed by atoms with E-state index in [2.05, 4.69) is 10.3 Å². The van der Waals surface area contributed by atoms with Gasteiger partial charge in [-0.3, -0.25) is 0 Å². The third-order valence-corrected chi connectivity index (χ3v) is 4.81. The zero-order valence-electron chi connectivity index (χ0n) is 11.2. The minimum atomic E-state index is -2.45. The molecule has 1 saturated heterocycles. The third kappa shape index (κ3) is 1.55. The first-order chi connectivity index (χ1) is 10.2. The Kier molecular flexibility index (Phi) is 3.15. The zero-order chi connectivity index (χ0) is 16.4. The van der Waals surface area contributed by atoms with E-state index < -0.39 is 60.3 Å². The molecule has 3 aliphatic rings. The number of rotatable bonds is 2. The maximum Gasteiger partial charge on any atom is 0.335 e. The zero-order valence-corrected chi connectivity index (χ0v) is 11.2. The van der Waals surface area contributed by atoms with Crippen molar-refractivity contribution in [3.63, 3.8) is 0 Å². The number of aliphatic hydroxyl groups is 5. The van der Waals surface area contributed by atoms with Gasteiger partial charge in [-0.25, -0.2) is 9.79 Å². The van der Waals surface area contributed by atoms with Gasteiger partial charge in [-0.1, -0.05) is 0 Å². The Labute approximate surface area is 123 Å². The summed E-state index contributed by atoms with van der Waals surface area (Å²) in [6.07, 6.45) is -8.66. The standard InChI is InChI=1S/C11H17N3O8/c12-9-13-7-2-3(16)10(21,1-15)4(17)5(18)11(2,14-9)6(22-7)8(19)20/h2-7,15-18,21H,1H2,(H,19,20)(H3,12,13,14). The molecule has 2 fully saturated rings. The molecule has 11 heteroatoms. The van der Waals surface area contributed by atoms with E-state index >= 15 is 0 Å². The van der Waals surface area contributed by atoms with Crippen LogP contribution in [-0.4, -0.2) is 91.0 Å². The molecule has 22 heavy (non-hydrogen) atoms. The summed E-state index contributed by atoms with van der Waals surface area (Å²) < 4.78 is 5.23. The average molecular weight is 319 g/mol. The number of hydrogen-bond donors (Lipinski definition) is 8. The lowest BCUT2D eigenvalue weighted by molar-refractivity contribution is -0.258. The van der Waals surface area contributed by atoms with Crippen LogP contribution < -0.4 is 11.1 Å².